The Labute approximate surface area is 221 Å². The lowest BCUT2D eigenvalue weighted by Crippen LogP contribution is -2.45. The zero-order valence-corrected chi connectivity index (χ0v) is 20.8. The predicted octanol–water partition coefficient (Wildman–Crippen LogP) is 5.77. The van der Waals surface area contributed by atoms with Gasteiger partial charge in [-0.25, -0.2) is 4.79 Å². The molecule has 38 heavy (non-hydrogen) atoms. The Kier molecular flexibility index (Phi) is 7.27. The predicted molar refractivity (Wildman–Crippen MR) is 149 cm³/mol. The third-order valence-corrected chi connectivity index (χ3v) is 6.93. The largest absolute Gasteiger partial charge is 0.480 e. The molecule has 0 spiro atoms. The van der Waals surface area contributed by atoms with Crippen molar-refractivity contribution in [1.29, 1.82) is 0 Å². The van der Waals surface area contributed by atoms with E-state index in [4.69, 9.17) is 0 Å². The molecule has 0 fully saturated rings. The van der Waals surface area contributed by atoms with Gasteiger partial charge >= 0.3 is 5.97 Å². The van der Waals surface area contributed by atoms with Gasteiger partial charge < -0.3 is 10.4 Å². The van der Waals surface area contributed by atoms with Crippen LogP contribution in [0.4, 0.5) is 0 Å². The number of pyridine rings is 1. The molecule has 2 N–H and O–H groups in total. The standard InChI is InChI=1S/C33H28N2O3/c36-31(35-30(32(37)38)22-28-21-20-24-12-10-11-19-29(24)34-28)23-33(25-13-4-1-5-14-25,26-15-6-2-7-16-26)27-17-8-3-9-18-27/h1-21,30H,22-23H2,(H,35,36)(H,37,38)/t30-/m1/s1. The maximum Gasteiger partial charge on any atom is 0.326 e. The number of aliphatic carboxylic acids is 1. The third kappa shape index (κ3) is 5.18. The minimum absolute atomic E-state index is 0.0416. The van der Waals surface area contributed by atoms with E-state index in [1.54, 1.807) is 0 Å². The zero-order valence-electron chi connectivity index (χ0n) is 20.8. The summed E-state index contributed by atoms with van der Waals surface area (Å²) in [5.74, 6) is -1.45. The number of hydrogen-bond donors (Lipinski definition) is 2. The Morgan fingerprint density at radius 2 is 1.18 bits per heavy atom. The smallest absolute Gasteiger partial charge is 0.326 e. The molecular formula is C33H28N2O3. The molecule has 188 valence electrons. The van der Waals surface area contributed by atoms with E-state index in [1.807, 2.05) is 127 Å². The number of rotatable bonds is 9. The van der Waals surface area contributed by atoms with Crippen LogP contribution in [-0.4, -0.2) is 28.0 Å². The Morgan fingerprint density at radius 1 is 0.684 bits per heavy atom. The number of fused-ring (bicyclic) bond motifs is 1. The molecule has 0 bridgehead atoms. The molecule has 5 rings (SSSR count). The SMILES string of the molecule is O=C(CC(c1ccccc1)(c1ccccc1)c1ccccc1)N[C@H](Cc1ccc2ccccc2n1)C(=O)O. The first-order valence-corrected chi connectivity index (χ1v) is 12.6. The van der Waals surface area contributed by atoms with Crippen LogP contribution in [-0.2, 0) is 21.4 Å². The summed E-state index contributed by atoms with van der Waals surface area (Å²) in [4.78, 5) is 30.5. The maximum absolute atomic E-state index is 13.7. The highest BCUT2D eigenvalue weighted by molar-refractivity contribution is 5.86. The summed E-state index contributed by atoms with van der Waals surface area (Å²) < 4.78 is 0. The molecule has 0 aliphatic carbocycles. The van der Waals surface area contributed by atoms with Gasteiger partial charge in [-0.15, -0.1) is 0 Å². The van der Waals surface area contributed by atoms with Crippen LogP contribution in [0.5, 0.6) is 0 Å². The summed E-state index contributed by atoms with van der Waals surface area (Å²) in [7, 11) is 0. The van der Waals surface area contributed by atoms with Gasteiger partial charge in [-0.2, -0.15) is 0 Å². The fraction of sp³-hybridized carbons (Fsp3) is 0.121. The summed E-state index contributed by atoms with van der Waals surface area (Å²) in [6, 6.07) is 40.0. The van der Waals surface area contributed by atoms with Crippen LogP contribution in [0.2, 0.25) is 0 Å². The number of benzene rings is 4. The van der Waals surface area contributed by atoms with E-state index in [1.165, 1.54) is 0 Å². The average Bonchev–Trinajstić information content (AvgIpc) is 2.97. The monoisotopic (exact) mass is 500 g/mol. The van der Waals surface area contributed by atoms with Crippen molar-refractivity contribution in [3.63, 3.8) is 0 Å². The molecule has 1 heterocycles. The molecule has 0 unspecified atom stereocenters. The molecule has 0 aliphatic rings. The van der Waals surface area contributed by atoms with E-state index in [0.29, 0.717) is 5.69 Å². The molecule has 0 saturated carbocycles. The van der Waals surface area contributed by atoms with Gasteiger partial charge in [-0.1, -0.05) is 115 Å². The van der Waals surface area contributed by atoms with Crippen molar-refractivity contribution in [3.8, 4) is 0 Å². The van der Waals surface area contributed by atoms with Crippen molar-refractivity contribution < 1.29 is 14.7 Å². The molecule has 0 saturated heterocycles. The van der Waals surface area contributed by atoms with E-state index < -0.39 is 17.4 Å². The van der Waals surface area contributed by atoms with Gasteiger partial charge in [-0.3, -0.25) is 9.78 Å². The van der Waals surface area contributed by atoms with E-state index in [9.17, 15) is 14.7 Å². The van der Waals surface area contributed by atoms with Crippen LogP contribution >= 0.6 is 0 Å². The van der Waals surface area contributed by atoms with Crippen molar-refractivity contribution in [1.82, 2.24) is 10.3 Å². The van der Waals surface area contributed by atoms with Crippen LogP contribution in [0.1, 0.15) is 28.8 Å². The summed E-state index contributed by atoms with van der Waals surface area (Å²) in [5.41, 5.74) is 3.45. The molecular weight excluding hydrogens is 472 g/mol. The summed E-state index contributed by atoms with van der Waals surface area (Å²) >= 11 is 0. The van der Waals surface area contributed by atoms with Gasteiger partial charge in [0.25, 0.3) is 0 Å². The number of carbonyl (C=O) groups is 2. The normalized spacial score (nSPS) is 12.1. The first-order chi connectivity index (χ1) is 18.6. The fourth-order valence-corrected chi connectivity index (χ4v) is 5.09. The van der Waals surface area contributed by atoms with Gasteiger partial charge in [0.15, 0.2) is 0 Å². The number of nitrogens with one attached hydrogen (secondary N) is 1. The summed E-state index contributed by atoms with van der Waals surface area (Å²) in [5, 5.41) is 13.8. The lowest BCUT2D eigenvalue weighted by molar-refractivity contribution is -0.141. The van der Waals surface area contributed by atoms with Crippen molar-refractivity contribution in [2.75, 3.05) is 0 Å². The molecule has 1 amide bonds. The van der Waals surface area contributed by atoms with Crippen LogP contribution in [0.25, 0.3) is 10.9 Å². The van der Waals surface area contributed by atoms with Crippen LogP contribution < -0.4 is 5.32 Å². The van der Waals surface area contributed by atoms with Crippen molar-refractivity contribution >= 4 is 22.8 Å². The Hall–Kier alpha value is -4.77. The number of aromatic nitrogens is 1. The molecule has 4 aromatic carbocycles. The number of nitrogens with zero attached hydrogens (tertiary/aromatic N) is 1. The van der Waals surface area contributed by atoms with Gasteiger partial charge in [-0.05, 0) is 28.8 Å². The van der Waals surface area contributed by atoms with Gasteiger partial charge in [0.2, 0.25) is 5.91 Å². The number of amides is 1. The summed E-state index contributed by atoms with van der Waals surface area (Å²) in [6.07, 6.45) is 0.126. The lowest BCUT2D eigenvalue weighted by atomic mass is 9.67. The minimum Gasteiger partial charge on any atom is -0.480 e. The quantitative estimate of drug-likeness (QED) is 0.252. The van der Waals surface area contributed by atoms with Crippen molar-refractivity contribution in [3.05, 3.63) is 150 Å². The molecule has 5 aromatic rings. The Balaban J connectivity index is 1.49. The highest BCUT2D eigenvalue weighted by atomic mass is 16.4. The first-order valence-electron chi connectivity index (χ1n) is 12.6. The zero-order chi connectivity index (χ0) is 26.4. The molecule has 0 radical (unpaired) electrons. The van der Waals surface area contributed by atoms with E-state index >= 15 is 0 Å². The van der Waals surface area contributed by atoms with Crippen molar-refractivity contribution in [2.45, 2.75) is 24.3 Å². The number of carbonyl (C=O) groups excluding carboxylic acids is 1. The number of para-hydroxylation sites is 1. The second-order valence-electron chi connectivity index (χ2n) is 9.34. The third-order valence-electron chi connectivity index (χ3n) is 6.93. The van der Waals surface area contributed by atoms with Gasteiger partial charge in [0.1, 0.15) is 6.04 Å². The second-order valence-corrected chi connectivity index (χ2v) is 9.34. The summed E-state index contributed by atoms with van der Waals surface area (Å²) in [6.45, 7) is 0. The average molecular weight is 501 g/mol. The van der Waals surface area contributed by atoms with E-state index in [2.05, 4.69) is 10.3 Å². The maximum atomic E-state index is 13.7. The Bertz CT molecular complexity index is 1440. The highest BCUT2D eigenvalue weighted by Crippen LogP contribution is 2.42. The van der Waals surface area contributed by atoms with Gasteiger partial charge in [0, 0.05) is 23.9 Å². The number of carboxylic acids is 1. The van der Waals surface area contributed by atoms with Gasteiger partial charge in [0.05, 0.1) is 10.9 Å². The topological polar surface area (TPSA) is 79.3 Å². The van der Waals surface area contributed by atoms with Crippen LogP contribution in [0.3, 0.4) is 0 Å². The first kappa shape index (κ1) is 24.9. The van der Waals surface area contributed by atoms with Crippen LogP contribution in [0, 0.1) is 0 Å². The van der Waals surface area contributed by atoms with Crippen molar-refractivity contribution in [2.24, 2.45) is 0 Å². The number of carboxylic acid groups (broad SMARTS) is 1. The highest BCUT2D eigenvalue weighted by Gasteiger charge is 2.39. The van der Waals surface area contributed by atoms with E-state index in [-0.39, 0.29) is 18.7 Å². The van der Waals surface area contributed by atoms with E-state index in [0.717, 1.165) is 27.6 Å². The second kappa shape index (κ2) is 11.1. The number of hydrogen-bond acceptors (Lipinski definition) is 3. The fourth-order valence-electron chi connectivity index (χ4n) is 5.09. The van der Waals surface area contributed by atoms with Crippen LogP contribution in [0.15, 0.2) is 127 Å². The molecule has 1 aromatic heterocycles. The minimum atomic E-state index is -1.11. The molecule has 0 aliphatic heterocycles. The lowest BCUT2D eigenvalue weighted by Gasteiger charge is -2.36. The Morgan fingerprint density at radius 3 is 1.71 bits per heavy atom. The molecule has 5 heteroatoms. The molecule has 5 nitrogen and oxygen atoms in total. The molecule has 1 atom stereocenters.